The van der Waals surface area contributed by atoms with E-state index in [1.54, 1.807) is 4.90 Å². The van der Waals surface area contributed by atoms with E-state index in [-0.39, 0.29) is 29.5 Å². The van der Waals surface area contributed by atoms with Crippen molar-refractivity contribution in [2.45, 2.75) is 63.1 Å². The Morgan fingerprint density at radius 2 is 1.77 bits per heavy atom. The highest BCUT2D eigenvalue weighted by molar-refractivity contribution is 7.99. The third kappa shape index (κ3) is 4.85. The van der Waals surface area contributed by atoms with Crippen molar-refractivity contribution in [1.82, 2.24) is 14.8 Å². The molecule has 2 heterocycles. The van der Waals surface area contributed by atoms with Crippen LogP contribution in [0.4, 0.5) is 11.4 Å². The Labute approximate surface area is 210 Å². The Kier molecular flexibility index (Phi) is 6.40. The number of nitrogens with zero attached hydrogens (tertiary/aromatic N) is 4. The number of hydrogen-bond donors (Lipinski definition) is 1. The van der Waals surface area contributed by atoms with E-state index < -0.39 is 0 Å². The number of rotatable bonds is 5. The van der Waals surface area contributed by atoms with Crippen LogP contribution < -0.4 is 10.2 Å². The first-order valence-electron chi connectivity index (χ1n) is 12.2. The molecule has 35 heavy (non-hydrogen) atoms. The molecule has 1 aromatic heterocycles. The molecule has 1 aliphatic heterocycles. The van der Waals surface area contributed by atoms with Gasteiger partial charge in [-0.05, 0) is 36.0 Å². The summed E-state index contributed by atoms with van der Waals surface area (Å²) in [6.07, 6.45) is 4.56. The smallest absolute Gasteiger partial charge is 0.244 e. The van der Waals surface area contributed by atoms with Crippen LogP contribution >= 0.6 is 11.8 Å². The molecule has 0 spiro atoms. The second-order valence-corrected chi connectivity index (χ2v) is 11.2. The van der Waals surface area contributed by atoms with Crippen LogP contribution in [0.3, 0.4) is 0 Å². The predicted molar refractivity (Wildman–Crippen MR) is 140 cm³/mol. The van der Waals surface area contributed by atoms with Gasteiger partial charge >= 0.3 is 0 Å². The molecular formula is C27H31N5O2S. The standard InChI is InChI=1S/C27H31N5O2S/c1-27(2,3)19-14-12-18(13-15-19)25-29-30-26(32(25)20-8-4-5-9-20)35-17-24(34)31-16-23(33)28-21-10-6-7-11-22(21)31/h6-7,10-15,20H,4-5,8-9,16-17H2,1-3H3,(H,28,33). The Bertz CT molecular complexity index is 1240. The normalized spacial score (nSPS) is 16.3. The molecule has 2 aliphatic rings. The minimum absolute atomic E-state index is 0.0249. The molecule has 0 saturated heterocycles. The Morgan fingerprint density at radius 3 is 2.49 bits per heavy atom. The number of fused-ring (bicyclic) bond motifs is 1. The molecule has 2 amide bonds. The first-order valence-corrected chi connectivity index (χ1v) is 13.2. The summed E-state index contributed by atoms with van der Waals surface area (Å²) in [5.41, 5.74) is 3.80. The minimum atomic E-state index is -0.183. The van der Waals surface area contributed by atoms with Gasteiger partial charge in [0.05, 0.1) is 17.1 Å². The van der Waals surface area contributed by atoms with Gasteiger partial charge in [-0.1, -0.05) is 81.8 Å². The average molecular weight is 490 g/mol. The van der Waals surface area contributed by atoms with Crippen LogP contribution in [0.25, 0.3) is 11.4 Å². The molecule has 0 unspecified atom stereocenters. The van der Waals surface area contributed by atoms with Gasteiger partial charge in [-0.3, -0.25) is 14.2 Å². The number of amides is 2. The van der Waals surface area contributed by atoms with Gasteiger partial charge in [-0.25, -0.2) is 0 Å². The van der Waals surface area contributed by atoms with Crippen LogP contribution in [-0.2, 0) is 15.0 Å². The number of anilines is 2. The zero-order valence-electron chi connectivity index (χ0n) is 20.5. The summed E-state index contributed by atoms with van der Waals surface area (Å²) < 4.78 is 2.23. The maximum Gasteiger partial charge on any atom is 0.244 e. The van der Waals surface area contributed by atoms with Crippen molar-refractivity contribution in [3.8, 4) is 11.4 Å². The van der Waals surface area contributed by atoms with Crippen LogP contribution in [0, 0.1) is 0 Å². The van der Waals surface area contributed by atoms with Crippen molar-refractivity contribution in [3.63, 3.8) is 0 Å². The molecule has 8 heteroatoms. The van der Waals surface area contributed by atoms with E-state index in [0.717, 1.165) is 35.1 Å². The van der Waals surface area contributed by atoms with Crippen LogP contribution in [0.2, 0.25) is 0 Å². The number of nitrogens with one attached hydrogen (secondary N) is 1. The van der Waals surface area contributed by atoms with Crippen LogP contribution in [-0.4, -0.2) is 38.9 Å². The lowest BCUT2D eigenvalue weighted by molar-refractivity contribution is -0.120. The molecule has 182 valence electrons. The zero-order chi connectivity index (χ0) is 24.6. The predicted octanol–water partition coefficient (Wildman–Crippen LogP) is 5.44. The van der Waals surface area contributed by atoms with Gasteiger partial charge in [-0.15, -0.1) is 10.2 Å². The maximum absolute atomic E-state index is 13.2. The van der Waals surface area contributed by atoms with E-state index in [4.69, 9.17) is 0 Å². The molecule has 1 aliphatic carbocycles. The van der Waals surface area contributed by atoms with Crippen LogP contribution in [0.5, 0.6) is 0 Å². The van der Waals surface area contributed by atoms with E-state index in [1.807, 2.05) is 24.3 Å². The molecule has 3 aromatic rings. The molecular weight excluding hydrogens is 458 g/mol. The number of hydrogen-bond acceptors (Lipinski definition) is 5. The molecule has 1 fully saturated rings. The lowest BCUT2D eigenvalue weighted by Crippen LogP contribution is -2.43. The van der Waals surface area contributed by atoms with Gasteiger partial charge in [0.15, 0.2) is 11.0 Å². The number of para-hydroxylation sites is 2. The highest BCUT2D eigenvalue weighted by Crippen LogP contribution is 2.37. The van der Waals surface area contributed by atoms with Gasteiger partial charge < -0.3 is 10.2 Å². The highest BCUT2D eigenvalue weighted by atomic mass is 32.2. The number of benzene rings is 2. The molecule has 0 atom stereocenters. The van der Waals surface area contributed by atoms with E-state index in [1.165, 1.54) is 30.2 Å². The molecule has 5 rings (SSSR count). The van der Waals surface area contributed by atoms with Crippen molar-refractivity contribution >= 4 is 35.0 Å². The van der Waals surface area contributed by atoms with E-state index in [2.05, 4.69) is 65.1 Å². The lowest BCUT2D eigenvalue weighted by atomic mass is 9.86. The van der Waals surface area contributed by atoms with Gasteiger partial charge in [0, 0.05) is 11.6 Å². The van der Waals surface area contributed by atoms with Crippen molar-refractivity contribution < 1.29 is 9.59 Å². The topological polar surface area (TPSA) is 80.1 Å². The third-order valence-corrected chi connectivity index (χ3v) is 7.69. The molecule has 0 bridgehead atoms. The Morgan fingerprint density at radius 1 is 1.06 bits per heavy atom. The van der Waals surface area contributed by atoms with Crippen molar-refractivity contribution in [2.24, 2.45) is 0 Å². The number of carbonyl (C=O) groups is 2. The third-order valence-electron chi connectivity index (χ3n) is 6.76. The van der Waals surface area contributed by atoms with Crippen LogP contribution in [0.1, 0.15) is 58.1 Å². The number of aromatic nitrogens is 3. The molecule has 2 aromatic carbocycles. The molecule has 7 nitrogen and oxygen atoms in total. The fourth-order valence-corrected chi connectivity index (χ4v) is 5.72. The van der Waals surface area contributed by atoms with Crippen LogP contribution in [0.15, 0.2) is 53.7 Å². The highest BCUT2D eigenvalue weighted by Gasteiger charge is 2.29. The fraction of sp³-hybridized carbons (Fsp3) is 0.407. The summed E-state index contributed by atoms with van der Waals surface area (Å²) >= 11 is 1.40. The summed E-state index contributed by atoms with van der Waals surface area (Å²) in [6, 6.07) is 16.3. The summed E-state index contributed by atoms with van der Waals surface area (Å²) in [5.74, 6) is 0.747. The lowest BCUT2D eigenvalue weighted by Gasteiger charge is -2.29. The van der Waals surface area contributed by atoms with Gasteiger partial charge in [0.2, 0.25) is 11.8 Å². The van der Waals surface area contributed by atoms with E-state index in [0.29, 0.717) is 11.7 Å². The molecule has 1 saturated carbocycles. The van der Waals surface area contributed by atoms with Gasteiger partial charge in [-0.2, -0.15) is 0 Å². The first kappa shape index (κ1) is 23.6. The largest absolute Gasteiger partial charge is 0.323 e. The summed E-state index contributed by atoms with van der Waals surface area (Å²) in [6.45, 7) is 6.65. The summed E-state index contributed by atoms with van der Waals surface area (Å²) in [7, 11) is 0. The maximum atomic E-state index is 13.2. The summed E-state index contributed by atoms with van der Waals surface area (Å²) in [4.78, 5) is 26.9. The second-order valence-electron chi connectivity index (χ2n) is 10.3. The SMILES string of the molecule is CC(C)(C)c1ccc(-c2nnc(SCC(=O)N3CC(=O)Nc4ccccc43)n2C2CCCC2)cc1. The first-order chi connectivity index (χ1) is 16.8. The number of thioether (sulfide) groups is 1. The zero-order valence-corrected chi connectivity index (χ0v) is 21.3. The quantitative estimate of drug-likeness (QED) is 0.483. The average Bonchev–Trinajstić information content (AvgIpc) is 3.51. The summed E-state index contributed by atoms with van der Waals surface area (Å²) in [5, 5.41) is 12.7. The van der Waals surface area contributed by atoms with E-state index in [9.17, 15) is 9.59 Å². The van der Waals surface area contributed by atoms with Crippen molar-refractivity contribution in [1.29, 1.82) is 0 Å². The Balaban J connectivity index is 1.39. The van der Waals surface area contributed by atoms with Gasteiger partial charge in [0.1, 0.15) is 6.54 Å². The molecule has 0 radical (unpaired) electrons. The Hall–Kier alpha value is -3.13. The second kappa shape index (κ2) is 9.49. The minimum Gasteiger partial charge on any atom is -0.323 e. The number of carbonyl (C=O) groups excluding carboxylic acids is 2. The fourth-order valence-electron chi connectivity index (χ4n) is 4.84. The molecule has 1 N–H and O–H groups in total. The van der Waals surface area contributed by atoms with E-state index >= 15 is 0 Å². The monoisotopic (exact) mass is 489 g/mol. The van der Waals surface area contributed by atoms with Crippen molar-refractivity contribution in [3.05, 3.63) is 54.1 Å². The van der Waals surface area contributed by atoms with Gasteiger partial charge in [0.25, 0.3) is 0 Å². The van der Waals surface area contributed by atoms with Crippen molar-refractivity contribution in [2.75, 3.05) is 22.5 Å².